The molecule has 3 aliphatic carbocycles. The number of rotatable bonds is 2. The minimum Gasteiger partial charge on any atom is -0.0620 e. The first-order chi connectivity index (χ1) is 8.34. The molecule has 0 radical (unpaired) electrons. The van der Waals surface area contributed by atoms with E-state index in [1.807, 2.05) is 0 Å². The molecule has 4 unspecified atom stereocenters. The van der Waals surface area contributed by atoms with Crippen molar-refractivity contribution in [2.45, 2.75) is 77.6 Å². The van der Waals surface area contributed by atoms with Crippen LogP contribution in [-0.4, -0.2) is 0 Å². The predicted molar refractivity (Wildman–Crippen MR) is 73.9 cm³/mol. The zero-order chi connectivity index (χ0) is 11.7. The van der Waals surface area contributed by atoms with Crippen LogP contribution in [0.15, 0.2) is 0 Å². The van der Waals surface area contributed by atoms with E-state index < -0.39 is 0 Å². The van der Waals surface area contributed by atoms with E-state index in [9.17, 15) is 0 Å². The Bertz CT molecular complexity index is 238. The van der Waals surface area contributed by atoms with Crippen LogP contribution in [0.25, 0.3) is 0 Å². The van der Waals surface area contributed by atoms with Gasteiger partial charge >= 0.3 is 0 Å². The van der Waals surface area contributed by atoms with Crippen LogP contribution in [-0.2, 0) is 0 Å². The van der Waals surface area contributed by atoms with Gasteiger partial charge in [-0.1, -0.05) is 58.3 Å². The summed E-state index contributed by atoms with van der Waals surface area (Å²) in [4.78, 5) is 0. The Morgan fingerprint density at radius 2 is 1.41 bits per heavy atom. The topological polar surface area (TPSA) is 0 Å². The van der Waals surface area contributed by atoms with Gasteiger partial charge in [0.05, 0.1) is 0 Å². The summed E-state index contributed by atoms with van der Waals surface area (Å²) in [5.41, 5.74) is 0. The van der Waals surface area contributed by atoms with E-state index in [4.69, 9.17) is 0 Å². The van der Waals surface area contributed by atoms with Gasteiger partial charge in [0.1, 0.15) is 0 Å². The zero-order valence-electron chi connectivity index (χ0n) is 11.7. The van der Waals surface area contributed by atoms with Gasteiger partial charge in [0, 0.05) is 0 Å². The summed E-state index contributed by atoms with van der Waals surface area (Å²) in [6, 6.07) is 0. The lowest BCUT2D eigenvalue weighted by Gasteiger charge is -2.39. The average Bonchev–Trinajstić information content (AvgIpc) is 2.86. The molecule has 98 valence electrons. The van der Waals surface area contributed by atoms with Crippen molar-refractivity contribution in [2.24, 2.45) is 29.6 Å². The van der Waals surface area contributed by atoms with E-state index >= 15 is 0 Å². The summed E-state index contributed by atoms with van der Waals surface area (Å²) < 4.78 is 0. The maximum Gasteiger partial charge on any atom is -0.0383 e. The summed E-state index contributed by atoms with van der Waals surface area (Å²) in [5, 5.41) is 0. The third-order valence-electron chi connectivity index (χ3n) is 6.47. The maximum atomic E-state index is 2.59. The minimum absolute atomic E-state index is 1.04. The summed E-state index contributed by atoms with van der Waals surface area (Å²) in [6.07, 6.45) is 17.1. The minimum atomic E-state index is 1.04. The summed E-state index contributed by atoms with van der Waals surface area (Å²) >= 11 is 0. The lowest BCUT2D eigenvalue weighted by atomic mass is 9.66. The molecule has 0 aromatic heterocycles. The van der Waals surface area contributed by atoms with Crippen LogP contribution < -0.4 is 0 Å². The second kappa shape index (κ2) is 5.33. The molecule has 0 aliphatic heterocycles. The SMILES string of the molecule is CC(C1CCCCC1)C1CCC2CCCC2C1. The van der Waals surface area contributed by atoms with Gasteiger partial charge in [-0.25, -0.2) is 0 Å². The Labute approximate surface area is 108 Å². The standard InChI is InChI=1S/C17H30/c1-13(14-6-3-2-4-7-14)16-11-10-15-8-5-9-17(15)12-16/h13-17H,2-12H2,1H3. The van der Waals surface area contributed by atoms with E-state index in [1.54, 1.807) is 51.4 Å². The Hall–Kier alpha value is 0. The Morgan fingerprint density at radius 3 is 2.24 bits per heavy atom. The smallest absolute Gasteiger partial charge is 0.0383 e. The van der Waals surface area contributed by atoms with Crippen molar-refractivity contribution in [1.29, 1.82) is 0 Å². The number of hydrogen-bond acceptors (Lipinski definition) is 0. The molecule has 3 fully saturated rings. The van der Waals surface area contributed by atoms with Crippen LogP contribution in [0.2, 0.25) is 0 Å². The lowest BCUT2D eigenvalue weighted by molar-refractivity contribution is 0.112. The van der Waals surface area contributed by atoms with Crippen molar-refractivity contribution in [3.8, 4) is 0 Å². The molecular formula is C17H30. The van der Waals surface area contributed by atoms with E-state index in [0.29, 0.717) is 0 Å². The van der Waals surface area contributed by atoms with E-state index in [2.05, 4.69) is 6.92 Å². The first kappa shape index (κ1) is 12.1. The fraction of sp³-hybridized carbons (Fsp3) is 1.00. The van der Waals surface area contributed by atoms with E-state index in [-0.39, 0.29) is 0 Å². The fourth-order valence-electron chi connectivity index (χ4n) is 5.26. The Kier molecular flexibility index (Phi) is 3.78. The molecule has 0 heteroatoms. The van der Waals surface area contributed by atoms with Gasteiger partial charge in [-0.3, -0.25) is 0 Å². The maximum absolute atomic E-state index is 2.59. The van der Waals surface area contributed by atoms with Gasteiger partial charge in [0.25, 0.3) is 0 Å². The van der Waals surface area contributed by atoms with Crippen molar-refractivity contribution in [3.63, 3.8) is 0 Å². The van der Waals surface area contributed by atoms with Crippen molar-refractivity contribution >= 4 is 0 Å². The van der Waals surface area contributed by atoms with Crippen LogP contribution in [0.1, 0.15) is 77.6 Å². The molecule has 0 N–H and O–H groups in total. The Morgan fingerprint density at radius 1 is 0.647 bits per heavy atom. The molecule has 3 saturated carbocycles. The molecule has 0 heterocycles. The largest absolute Gasteiger partial charge is 0.0620 e. The first-order valence-corrected chi connectivity index (χ1v) is 8.34. The molecule has 0 aromatic rings. The third kappa shape index (κ3) is 2.56. The second-order valence-electron chi connectivity index (χ2n) is 7.28. The van der Waals surface area contributed by atoms with Crippen molar-refractivity contribution in [2.75, 3.05) is 0 Å². The average molecular weight is 234 g/mol. The van der Waals surface area contributed by atoms with Crippen molar-refractivity contribution < 1.29 is 0 Å². The molecule has 0 spiro atoms. The van der Waals surface area contributed by atoms with Gasteiger partial charge in [0.15, 0.2) is 0 Å². The normalized spacial score (nSPS) is 41.1. The third-order valence-corrected chi connectivity index (χ3v) is 6.47. The summed E-state index contributed by atoms with van der Waals surface area (Å²) in [5.74, 6) is 5.51. The summed E-state index contributed by atoms with van der Waals surface area (Å²) in [6.45, 7) is 2.59. The van der Waals surface area contributed by atoms with Gasteiger partial charge in [-0.2, -0.15) is 0 Å². The van der Waals surface area contributed by atoms with Crippen LogP contribution in [0, 0.1) is 29.6 Å². The van der Waals surface area contributed by atoms with Crippen LogP contribution in [0.4, 0.5) is 0 Å². The molecule has 3 rings (SSSR count). The van der Waals surface area contributed by atoms with Crippen LogP contribution in [0.5, 0.6) is 0 Å². The molecule has 0 saturated heterocycles. The predicted octanol–water partition coefficient (Wildman–Crippen LogP) is 5.42. The lowest BCUT2D eigenvalue weighted by Crippen LogP contribution is -2.29. The highest BCUT2D eigenvalue weighted by atomic mass is 14.4. The molecule has 4 atom stereocenters. The van der Waals surface area contributed by atoms with Gasteiger partial charge in [0.2, 0.25) is 0 Å². The Balaban J connectivity index is 1.56. The van der Waals surface area contributed by atoms with E-state index in [1.165, 1.54) is 19.3 Å². The van der Waals surface area contributed by atoms with Gasteiger partial charge in [-0.15, -0.1) is 0 Å². The zero-order valence-corrected chi connectivity index (χ0v) is 11.7. The number of fused-ring (bicyclic) bond motifs is 1. The highest BCUT2D eigenvalue weighted by Gasteiger charge is 2.37. The molecule has 3 aliphatic rings. The highest BCUT2D eigenvalue weighted by molar-refractivity contribution is 4.88. The molecular weight excluding hydrogens is 204 g/mol. The molecule has 0 amide bonds. The van der Waals surface area contributed by atoms with Crippen LogP contribution in [0.3, 0.4) is 0 Å². The molecule has 17 heavy (non-hydrogen) atoms. The monoisotopic (exact) mass is 234 g/mol. The van der Waals surface area contributed by atoms with Crippen LogP contribution >= 0.6 is 0 Å². The fourth-order valence-corrected chi connectivity index (χ4v) is 5.26. The van der Waals surface area contributed by atoms with Crippen molar-refractivity contribution in [1.82, 2.24) is 0 Å². The molecule has 0 nitrogen and oxygen atoms in total. The van der Waals surface area contributed by atoms with Crippen molar-refractivity contribution in [3.05, 3.63) is 0 Å². The molecule has 0 aromatic carbocycles. The van der Waals surface area contributed by atoms with Gasteiger partial charge < -0.3 is 0 Å². The first-order valence-electron chi connectivity index (χ1n) is 8.34. The quantitative estimate of drug-likeness (QED) is 0.598. The highest BCUT2D eigenvalue weighted by Crippen LogP contribution is 2.48. The molecule has 0 bridgehead atoms. The summed E-state index contributed by atoms with van der Waals surface area (Å²) in [7, 11) is 0. The number of hydrogen-bond donors (Lipinski definition) is 0. The van der Waals surface area contributed by atoms with Gasteiger partial charge in [-0.05, 0) is 48.9 Å². The van der Waals surface area contributed by atoms with E-state index in [0.717, 1.165) is 29.6 Å². The second-order valence-corrected chi connectivity index (χ2v) is 7.28.